The van der Waals surface area contributed by atoms with Gasteiger partial charge in [0, 0.05) is 12.6 Å². The maximum absolute atomic E-state index is 12.4. The van der Waals surface area contributed by atoms with E-state index >= 15 is 0 Å². The van der Waals surface area contributed by atoms with E-state index in [1.165, 1.54) is 17.7 Å². The number of hydrazone groups is 1. The number of nitrogens with one attached hydrogen (secondary N) is 1. The quantitative estimate of drug-likeness (QED) is 0.329. The molecule has 3 aromatic rings. The molecule has 1 atom stereocenters. The second-order valence-electron chi connectivity index (χ2n) is 8.82. The van der Waals surface area contributed by atoms with Crippen molar-refractivity contribution in [2.45, 2.75) is 33.6 Å². The number of hydrogen-bond acceptors (Lipinski definition) is 4. The summed E-state index contributed by atoms with van der Waals surface area (Å²) in [6.07, 6.45) is 2.35. The second-order valence-corrected chi connectivity index (χ2v) is 8.82. The summed E-state index contributed by atoms with van der Waals surface area (Å²) in [7, 11) is 1.87. The van der Waals surface area contributed by atoms with E-state index in [0.29, 0.717) is 23.2 Å². The minimum Gasteiger partial charge on any atom is -0.406 e. The standard InChI is InChI=1S/C26H27F3N4O/c1-16(2)21-13-17(3)5-11-22(21)32-30-15-18-6-12-24-23(14-18)31-25(33(24)4)19-7-9-20(10-8-19)34-26(27,28)29/h5-12,14-17,32H,13H2,1-4H3/b30-15+. The first kappa shape index (κ1) is 23.6. The molecule has 0 aliphatic heterocycles. The third-order valence-electron chi connectivity index (χ3n) is 5.83. The summed E-state index contributed by atoms with van der Waals surface area (Å²) in [5, 5.41) is 4.43. The van der Waals surface area contributed by atoms with Gasteiger partial charge < -0.3 is 9.30 Å². The van der Waals surface area contributed by atoms with Gasteiger partial charge in [-0.15, -0.1) is 13.2 Å². The number of aryl methyl sites for hydroxylation is 1. The fourth-order valence-electron chi connectivity index (χ4n) is 4.09. The zero-order chi connectivity index (χ0) is 24.5. The van der Waals surface area contributed by atoms with Crippen LogP contribution in [-0.2, 0) is 7.05 Å². The van der Waals surface area contributed by atoms with Crippen LogP contribution in [0.4, 0.5) is 13.2 Å². The first-order valence-corrected chi connectivity index (χ1v) is 11.1. The van der Waals surface area contributed by atoms with Crippen LogP contribution in [0.15, 0.2) is 71.0 Å². The monoisotopic (exact) mass is 468 g/mol. The Morgan fingerprint density at radius 2 is 1.91 bits per heavy atom. The molecule has 0 amide bonds. The van der Waals surface area contributed by atoms with Crippen molar-refractivity contribution in [1.29, 1.82) is 0 Å². The number of nitrogens with zero attached hydrogens (tertiary/aromatic N) is 3. The van der Waals surface area contributed by atoms with E-state index in [-0.39, 0.29) is 5.75 Å². The molecule has 1 aliphatic rings. The fourth-order valence-corrected chi connectivity index (χ4v) is 4.09. The normalized spacial score (nSPS) is 16.8. The number of ether oxygens (including phenoxy) is 1. The van der Waals surface area contributed by atoms with Crippen LogP contribution in [0.1, 0.15) is 32.8 Å². The third kappa shape index (κ3) is 5.32. The summed E-state index contributed by atoms with van der Waals surface area (Å²) in [5.41, 5.74) is 8.84. The van der Waals surface area contributed by atoms with Crippen molar-refractivity contribution in [3.8, 4) is 17.1 Å². The Kier molecular flexibility index (Phi) is 6.50. The lowest BCUT2D eigenvalue weighted by molar-refractivity contribution is -0.274. The number of benzene rings is 2. The average molecular weight is 469 g/mol. The molecule has 34 heavy (non-hydrogen) atoms. The van der Waals surface area contributed by atoms with Crippen molar-refractivity contribution in [1.82, 2.24) is 15.0 Å². The molecule has 1 aromatic heterocycles. The number of aromatic nitrogens is 2. The molecule has 5 nitrogen and oxygen atoms in total. The molecular weight excluding hydrogens is 441 g/mol. The maximum atomic E-state index is 12.4. The zero-order valence-electron chi connectivity index (χ0n) is 19.5. The topological polar surface area (TPSA) is 51.4 Å². The van der Waals surface area contributed by atoms with Crippen LogP contribution >= 0.6 is 0 Å². The van der Waals surface area contributed by atoms with E-state index in [1.807, 2.05) is 29.8 Å². The molecule has 0 radical (unpaired) electrons. The lowest BCUT2D eigenvalue weighted by Gasteiger charge is -2.22. The molecule has 2 aromatic carbocycles. The highest BCUT2D eigenvalue weighted by Crippen LogP contribution is 2.29. The number of fused-ring (bicyclic) bond motifs is 1. The summed E-state index contributed by atoms with van der Waals surface area (Å²) in [6, 6.07) is 11.5. The fraction of sp³-hybridized carbons (Fsp3) is 0.308. The summed E-state index contributed by atoms with van der Waals surface area (Å²) in [5.74, 6) is 1.36. The van der Waals surface area contributed by atoms with Crippen LogP contribution in [0.25, 0.3) is 22.4 Å². The Labute approximate surface area is 196 Å². The largest absolute Gasteiger partial charge is 0.573 e. The molecule has 1 unspecified atom stereocenters. The van der Waals surface area contributed by atoms with E-state index < -0.39 is 6.36 Å². The molecule has 1 aliphatic carbocycles. The molecule has 178 valence electrons. The van der Waals surface area contributed by atoms with Gasteiger partial charge in [0.1, 0.15) is 11.6 Å². The summed E-state index contributed by atoms with van der Waals surface area (Å²) >= 11 is 0. The van der Waals surface area contributed by atoms with E-state index in [4.69, 9.17) is 0 Å². The van der Waals surface area contributed by atoms with E-state index in [2.05, 4.69) is 53.2 Å². The minimum absolute atomic E-state index is 0.265. The van der Waals surface area contributed by atoms with Gasteiger partial charge in [0.05, 0.1) is 22.9 Å². The van der Waals surface area contributed by atoms with Crippen LogP contribution in [-0.4, -0.2) is 22.1 Å². The second kappa shape index (κ2) is 9.37. The van der Waals surface area contributed by atoms with Crippen molar-refractivity contribution in [2.24, 2.45) is 24.0 Å². The van der Waals surface area contributed by atoms with E-state index in [1.54, 1.807) is 18.3 Å². The highest BCUT2D eigenvalue weighted by Gasteiger charge is 2.31. The van der Waals surface area contributed by atoms with Gasteiger partial charge in [-0.05, 0) is 71.9 Å². The molecular formula is C26H27F3N4O. The molecule has 0 saturated carbocycles. The SMILES string of the molecule is CC1C=CC(N/N=C/c2ccc3c(c2)nc(-c2ccc(OC(F)(F)F)cc2)n3C)=C(C(C)C)C1. The molecule has 0 fully saturated rings. The number of halogens is 3. The average Bonchev–Trinajstić information content (AvgIpc) is 3.10. The van der Waals surface area contributed by atoms with Gasteiger partial charge in [-0.3, -0.25) is 5.43 Å². The number of alkyl halides is 3. The molecule has 0 saturated heterocycles. The van der Waals surface area contributed by atoms with Gasteiger partial charge in [0.15, 0.2) is 0 Å². The Bertz CT molecular complexity index is 1270. The summed E-state index contributed by atoms with van der Waals surface area (Å²) < 4.78 is 43.1. The molecule has 0 spiro atoms. The first-order valence-electron chi connectivity index (χ1n) is 11.1. The van der Waals surface area contributed by atoms with Gasteiger partial charge in [-0.25, -0.2) is 4.98 Å². The number of hydrogen-bond donors (Lipinski definition) is 1. The Hall–Kier alpha value is -3.55. The zero-order valence-corrected chi connectivity index (χ0v) is 19.5. The van der Waals surface area contributed by atoms with Crippen LogP contribution in [0.3, 0.4) is 0 Å². The molecule has 8 heteroatoms. The van der Waals surface area contributed by atoms with Crippen molar-refractivity contribution < 1.29 is 17.9 Å². The minimum atomic E-state index is -4.72. The van der Waals surface area contributed by atoms with Crippen LogP contribution in [0.5, 0.6) is 5.75 Å². The van der Waals surface area contributed by atoms with Gasteiger partial charge in [0.2, 0.25) is 0 Å². The van der Waals surface area contributed by atoms with Crippen LogP contribution in [0.2, 0.25) is 0 Å². The number of imidazole rings is 1. The van der Waals surface area contributed by atoms with Crippen LogP contribution in [0, 0.1) is 11.8 Å². The Balaban J connectivity index is 1.54. The van der Waals surface area contributed by atoms with Gasteiger partial charge in [0.25, 0.3) is 0 Å². The van der Waals surface area contributed by atoms with Crippen molar-refractivity contribution >= 4 is 17.2 Å². The maximum Gasteiger partial charge on any atom is 0.573 e. The van der Waals surface area contributed by atoms with E-state index in [0.717, 1.165) is 28.7 Å². The first-order chi connectivity index (χ1) is 16.1. The summed E-state index contributed by atoms with van der Waals surface area (Å²) in [4.78, 5) is 4.69. The third-order valence-corrected chi connectivity index (χ3v) is 5.83. The lowest BCUT2D eigenvalue weighted by Crippen LogP contribution is -2.16. The highest BCUT2D eigenvalue weighted by molar-refractivity contribution is 5.89. The smallest absolute Gasteiger partial charge is 0.406 e. The lowest BCUT2D eigenvalue weighted by atomic mass is 9.87. The summed E-state index contributed by atoms with van der Waals surface area (Å²) in [6.45, 7) is 6.59. The van der Waals surface area contributed by atoms with Crippen molar-refractivity contribution in [3.63, 3.8) is 0 Å². The highest BCUT2D eigenvalue weighted by atomic mass is 19.4. The van der Waals surface area contributed by atoms with Crippen molar-refractivity contribution in [3.05, 3.63) is 71.5 Å². The number of rotatable bonds is 6. The molecule has 1 heterocycles. The van der Waals surface area contributed by atoms with Gasteiger partial charge in [-0.1, -0.05) is 32.9 Å². The van der Waals surface area contributed by atoms with Crippen LogP contribution < -0.4 is 10.2 Å². The van der Waals surface area contributed by atoms with E-state index in [9.17, 15) is 13.2 Å². The molecule has 4 rings (SSSR count). The van der Waals surface area contributed by atoms with Gasteiger partial charge >= 0.3 is 6.36 Å². The molecule has 0 bridgehead atoms. The van der Waals surface area contributed by atoms with Crippen molar-refractivity contribution in [2.75, 3.05) is 0 Å². The van der Waals surface area contributed by atoms with Gasteiger partial charge in [-0.2, -0.15) is 5.10 Å². The predicted octanol–water partition coefficient (Wildman–Crippen LogP) is 6.57. The predicted molar refractivity (Wildman–Crippen MR) is 128 cm³/mol. The number of allylic oxidation sites excluding steroid dienone is 3. The molecule has 1 N–H and O–H groups in total. The Morgan fingerprint density at radius 1 is 1.18 bits per heavy atom. The Morgan fingerprint density at radius 3 is 2.59 bits per heavy atom.